The molecule has 3 aliphatic rings. The van der Waals surface area contributed by atoms with Crippen LogP contribution in [0, 0.1) is 0 Å². The van der Waals surface area contributed by atoms with E-state index in [1.165, 1.54) is 5.56 Å². The topological polar surface area (TPSA) is 124 Å². The number of hydrogen-bond acceptors (Lipinski definition) is 9. The van der Waals surface area contributed by atoms with Gasteiger partial charge < -0.3 is 24.3 Å². The lowest BCUT2D eigenvalue weighted by Gasteiger charge is -2.29. The van der Waals surface area contributed by atoms with Crippen molar-refractivity contribution in [3.05, 3.63) is 71.0 Å². The first-order chi connectivity index (χ1) is 21.5. The minimum absolute atomic E-state index is 0.0438. The average Bonchev–Trinajstić information content (AvgIpc) is 3.57. The van der Waals surface area contributed by atoms with Gasteiger partial charge in [-0.1, -0.05) is 12.2 Å². The minimum Gasteiger partial charge on any atom is -0.466 e. The molecule has 0 radical (unpaired) electrons. The van der Waals surface area contributed by atoms with E-state index < -0.39 is 0 Å². The van der Waals surface area contributed by atoms with Crippen LogP contribution in [0.3, 0.4) is 0 Å². The van der Waals surface area contributed by atoms with Crippen molar-refractivity contribution in [1.82, 2.24) is 29.2 Å². The minimum atomic E-state index is -0.214. The number of fused-ring (bicyclic) bond motifs is 6. The summed E-state index contributed by atoms with van der Waals surface area (Å²) in [6.45, 7) is 3.04. The Kier molecular flexibility index (Phi) is 6.44. The van der Waals surface area contributed by atoms with Crippen LogP contribution in [0.1, 0.15) is 37.2 Å². The second kappa shape index (κ2) is 10.6. The maximum atomic E-state index is 13.6. The van der Waals surface area contributed by atoms with E-state index in [1.54, 1.807) is 26.7 Å². The van der Waals surface area contributed by atoms with Crippen LogP contribution < -0.4 is 20.5 Å². The van der Waals surface area contributed by atoms with E-state index >= 15 is 0 Å². The van der Waals surface area contributed by atoms with Gasteiger partial charge in [0.1, 0.15) is 16.7 Å². The molecule has 0 unspecified atom stereocenters. The van der Waals surface area contributed by atoms with Crippen LogP contribution in [0.5, 0.6) is 5.88 Å². The van der Waals surface area contributed by atoms with Crippen molar-refractivity contribution in [1.29, 1.82) is 0 Å². The zero-order chi connectivity index (χ0) is 29.8. The lowest BCUT2D eigenvalue weighted by molar-refractivity contribution is -0.121. The largest absolute Gasteiger partial charge is 0.466 e. The highest BCUT2D eigenvalue weighted by Crippen LogP contribution is 2.36. The Hall–Kier alpha value is -4.97. The monoisotopic (exact) mass is 592 g/mol. The molecule has 7 heterocycles. The van der Waals surface area contributed by atoms with Gasteiger partial charge in [0.25, 0.3) is 11.5 Å². The van der Waals surface area contributed by atoms with Gasteiger partial charge in [-0.05, 0) is 69.9 Å². The third kappa shape index (κ3) is 4.53. The summed E-state index contributed by atoms with van der Waals surface area (Å²) < 4.78 is 15.0. The Morgan fingerprint density at radius 2 is 1.89 bits per heavy atom. The maximum absolute atomic E-state index is 13.6. The molecule has 1 fully saturated rings. The number of likely N-dealkylation sites (tertiary alicyclic amines) is 1. The van der Waals surface area contributed by atoms with E-state index in [-0.39, 0.29) is 18.1 Å². The summed E-state index contributed by atoms with van der Waals surface area (Å²) in [5.41, 5.74) is 4.25. The number of nitrogens with zero attached hydrogens (tertiary/aromatic N) is 7. The Morgan fingerprint density at radius 1 is 1.00 bits per heavy atom. The number of allylic oxidation sites excluding steroid dienone is 2. The van der Waals surface area contributed by atoms with Gasteiger partial charge in [-0.25, -0.2) is 19.3 Å². The van der Waals surface area contributed by atoms with Crippen molar-refractivity contribution in [2.45, 2.75) is 38.1 Å². The molecule has 12 nitrogen and oxygen atoms in total. The Balaban J connectivity index is 1.18. The molecule has 1 saturated heterocycles. The van der Waals surface area contributed by atoms with Crippen molar-refractivity contribution >= 4 is 45.2 Å². The molecule has 1 aromatic carbocycles. The molecule has 1 amide bonds. The highest BCUT2D eigenvalue weighted by Gasteiger charge is 2.28. The van der Waals surface area contributed by atoms with Gasteiger partial charge >= 0.3 is 0 Å². The van der Waals surface area contributed by atoms with Crippen LogP contribution in [0.15, 0.2) is 64.3 Å². The molecule has 0 aliphatic carbocycles. The predicted octanol–water partition coefficient (Wildman–Crippen LogP) is 4.35. The fraction of sp³-hybridized carbons (Fsp3) is 0.344. The van der Waals surface area contributed by atoms with Gasteiger partial charge in [-0.3, -0.25) is 9.59 Å². The fourth-order valence-corrected chi connectivity index (χ4v) is 6.50. The van der Waals surface area contributed by atoms with Gasteiger partial charge in [0.15, 0.2) is 12.3 Å². The van der Waals surface area contributed by atoms with Crippen LogP contribution in [0.2, 0.25) is 0 Å². The van der Waals surface area contributed by atoms with E-state index in [0.29, 0.717) is 53.2 Å². The number of aromatic nitrogens is 5. The maximum Gasteiger partial charge on any atom is 0.278 e. The number of benzene rings is 1. The number of pyridine rings is 1. The second-order valence-corrected chi connectivity index (χ2v) is 11.7. The third-order valence-electron chi connectivity index (χ3n) is 8.88. The zero-order valence-corrected chi connectivity index (χ0v) is 24.4. The standard InChI is InChI=1S/C32H32N8O4/c1-37-12-8-20(9-13-37)25-18-43-27-14-21(6-7-23(25)27)35-32-34-17-24-29(36-32)40-22-15-26-30(33-16-22)44-19-28(41)38(26)10-4-2-3-5-11-39(40)31(24)42/h3,5-7,14-18,20H,2,4,8-13,19H2,1H3,(H,34,35,36). The molecule has 5 aromatic rings. The van der Waals surface area contributed by atoms with Crippen LogP contribution in [-0.2, 0) is 11.3 Å². The molecular formula is C32H32N8O4. The Labute approximate surface area is 252 Å². The van der Waals surface area contributed by atoms with E-state index in [0.717, 1.165) is 55.4 Å². The van der Waals surface area contributed by atoms with Crippen LogP contribution >= 0.6 is 0 Å². The summed E-state index contributed by atoms with van der Waals surface area (Å²) in [7, 11) is 2.17. The van der Waals surface area contributed by atoms with Gasteiger partial charge in [-0.15, -0.1) is 0 Å². The first-order valence-electron chi connectivity index (χ1n) is 15.1. The molecule has 2 bridgehead atoms. The van der Waals surface area contributed by atoms with Crippen molar-refractivity contribution in [2.75, 3.05) is 43.5 Å². The smallest absolute Gasteiger partial charge is 0.278 e. The Bertz CT molecular complexity index is 2000. The molecule has 224 valence electrons. The molecule has 0 spiro atoms. The Morgan fingerprint density at radius 3 is 2.77 bits per heavy atom. The molecule has 3 aliphatic heterocycles. The summed E-state index contributed by atoms with van der Waals surface area (Å²) in [6, 6.07) is 7.89. The molecule has 1 N–H and O–H groups in total. The molecule has 0 saturated carbocycles. The molecule has 12 heteroatoms. The normalized spacial score (nSPS) is 17.8. The number of carbonyl (C=O) groups is 1. The van der Waals surface area contributed by atoms with Gasteiger partial charge in [0.2, 0.25) is 11.8 Å². The van der Waals surface area contributed by atoms with Gasteiger partial charge in [0, 0.05) is 35.4 Å². The molecule has 8 rings (SSSR count). The summed E-state index contributed by atoms with van der Waals surface area (Å²) in [5.74, 6) is 1.12. The number of ether oxygens (including phenoxy) is 1. The quantitative estimate of drug-likeness (QED) is 0.305. The lowest BCUT2D eigenvalue weighted by Crippen LogP contribution is -2.40. The molecule has 44 heavy (non-hydrogen) atoms. The van der Waals surface area contributed by atoms with E-state index in [4.69, 9.17) is 14.1 Å². The average molecular weight is 593 g/mol. The van der Waals surface area contributed by atoms with Crippen molar-refractivity contribution in [3.63, 3.8) is 0 Å². The highest BCUT2D eigenvalue weighted by atomic mass is 16.5. The molecule has 4 aromatic heterocycles. The number of furan rings is 1. The lowest BCUT2D eigenvalue weighted by atomic mass is 9.89. The first kappa shape index (κ1) is 26.6. The summed E-state index contributed by atoms with van der Waals surface area (Å²) in [4.78, 5) is 44.2. The summed E-state index contributed by atoms with van der Waals surface area (Å²) in [5, 5.41) is 4.81. The zero-order valence-electron chi connectivity index (χ0n) is 24.4. The van der Waals surface area contributed by atoms with E-state index in [9.17, 15) is 9.59 Å². The summed E-state index contributed by atoms with van der Waals surface area (Å²) in [6.07, 6.45) is 12.9. The second-order valence-electron chi connectivity index (χ2n) is 11.7. The van der Waals surface area contributed by atoms with E-state index in [2.05, 4.69) is 33.3 Å². The van der Waals surface area contributed by atoms with Gasteiger partial charge in [0.05, 0.1) is 24.7 Å². The van der Waals surface area contributed by atoms with Crippen LogP contribution in [0.25, 0.3) is 27.7 Å². The van der Waals surface area contributed by atoms with Gasteiger partial charge in [-0.2, -0.15) is 4.98 Å². The first-order valence-corrected chi connectivity index (χ1v) is 15.1. The number of amides is 1. The number of hydrogen-bond donors (Lipinski definition) is 1. The van der Waals surface area contributed by atoms with Crippen LogP contribution in [-0.4, -0.2) is 68.4 Å². The number of nitrogens with one attached hydrogen (secondary N) is 1. The number of piperidine rings is 1. The number of rotatable bonds is 3. The molecular weight excluding hydrogens is 560 g/mol. The van der Waals surface area contributed by atoms with Crippen molar-refractivity contribution in [2.24, 2.45) is 0 Å². The van der Waals surface area contributed by atoms with Crippen LogP contribution in [0.4, 0.5) is 17.3 Å². The fourth-order valence-electron chi connectivity index (χ4n) is 6.50. The molecule has 0 atom stereocenters. The highest BCUT2D eigenvalue weighted by molar-refractivity contribution is 5.97. The number of anilines is 3. The SMILES string of the molecule is CN1CCC(c2coc3cc(Nc4ncc5c(=O)n6n(c5n4)-c4cnc5c(c4)N(CCCC=CC6)C(=O)CO5)ccc23)CC1. The van der Waals surface area contributed by atoms with Crippen molar-refractivity contribution < 1.29 is 13.9 Å². The van der Waals surface area contributed by atoms with Crippen molar-refractivity contribution in [3.8, 4) is 11.6 Å². The van der Waals surface area contributed by atoms with E-state index in [1.807, 2.05) is 36.6 Å². The summed E-state index contributed by atoms with van der Waals surface area (Å²) >= 11 is 0. The predicted molar refractivity (Wildman–Crippen MR) is 166 cm³/mol. The number of carbonyl (C=O) groups excluding carboxylic acids is 1. The third-order valence-corrected chi connectivity index (χ3v) is 8.88.